The number of unbranched alkanes of at least 4 members (excludes halogenated alkanes) is 24. The summed E-state index contributed by atoms with van der Waals surface area (Å²) in [6.07, 6.45) is 36.0. The molecule has 5 nitrogen and oxygen atoms in total. The van der Waals surface area contributed by atoms with Gasteiger partial charge in [-0.25, -0.2) is 0 Å². The highest BCUT2D eigenvalue weighted by Crippen LogP contribution is 2.20. The normalized spacial score (nSPS) is 11.2. The maximum Gasteiger partial charge on any atom is 0.311 e. The summed E-state index contributed by atoms with van der Waals surface area (Å²) in [5.41, 5.74) is 1.42. The van der Waals surface area contributed by atoms with Crippen LogP contribution in [0.25, 0.3) is 0 Å². The van der Waals surface area contributed by atoms with Crippen LogP contribution in [0.3, 0.4) is 0 Å². The summed E-state index contributed by atoms with van der Waals surface area (Å²) in [6, 6.07) is 1.78. The molecular weight excluding hydrogens is 546 g/mol. The number of aromatic nitrogens is 1. The molecule has 1 aromatic rings. The van der Waals surface area contributed by atoms with Gasteiger partial charge in [0.2, 0.25) is 0 Å². The molecule has 0 spiro atoms. The zero-order valence-corrected chi connectivity index (χ0v) is 29.2. The van der Waals surface area contributed by atoms with E-state index < -0.39 is 0 Å². The monoisotopic (exact) mass is 616 g/mol. The standard InChI is InChI=1S/C39H69NO4/c1-4-6-8-10-12-14-16-18-20-22-24-26-28-30-38(41)43-34-36-32-37(35(3)40-33-36)44-39(42)31-29-27-25-23-21-19-17-15-13-11-9-7-5-2/h32-33H,4-31,34H2,1-3H3. The summed E-state index contributed by atoms with van der Waals surface area (Å²) < 4.78 is 11.1. The predicted molar refractivity (Wildman–Crippen MR) is 185 cm³/mol. The molecule has 0 saturated carbocycles. The number of pyridine rings is 1. The summed E-state index contributed by atoms with van der Waals surface area (Å²) in [7, 11) is 0. The average molecular weight is 616 g/mol. The van der Waals surface area contributed by atoms with Crippen molar-refractivity contribution < 1.29 is 19.1 Å². The molecule has 1 heterocycles. The van der Waals surface area contributed by atoms with Crippen molar-refractivity contribution >= 4 is 11.9 Å². The Bertz CT molecular complexity index is 824. The summed E-state index contributed by atoms with van der Waals surface area (Å²) in [4.78, 5) is 29.0. The zero-order chi connectivity index (χ0) is 31.9. The molecular formula is C39H69NO4. The largest absolute Gasteiger partial charge is 0.461 e. The number of hydrogen-bond acceptors (Lipinski definition) is 5. The Morgan fingerprint density at radius 1 is 0.545 bits per heavy atom. The molecule has 0 bridgehead atoms. The molecule has 0 aliphatic carbocycles. The summed E-state index contributed by atoms with van der Waals surface area (Å²) in [5.74, 6) is 0.0823. The molecule has 0 aliphatic rings. The van der Waals surface area contributed by atoms with Crippen LogP contribution in [-0.2, 0) is 20.9 Å². The van der Waals surface area contributed by atoms with E-state index in [2.05, 4.69) is 18.8 Å². The van der Waals surface area contributed by atoms with E-state index in [0.29, 0.717) is 24.3 Å². The number of carbonyl (C=O) groups excluding carboxylic acids is 2. The second-order valence-corrected chi connectivity index (χ2v) is 13.0. The van der Waals surface area contributed by atoms with Gasteiger partial charge in [0, 0.05) is 24.6 Å². The van der Waals surface area contributed by atoms with Gasteiger partial charge in [-0.05, 0) is 25.8 Å². The minimum atomic E-state index is -0.213. The Morgan fingerprint density at radius 3 is 1.32 bits per heavy atom. The van der Waals surface area contributed by atoms with Crippen LogP contribution in [0.15, 0.2) is 12.3 Å². The first-order valence-corrected chi connectivity index (χ1v) is 18.9. The van der Waals surface area contributed by atoms with Crippen molar-refractivity contribution in [2.24, 2.45) is 0 Å². The fourth-order valence-corrected chi connectivity index (χ4v) is 5.72. The molecule has 0 aliphatic heterocycles. The van der Waals surface area contributed by atoms with Crippen LogP contribution in [0.4, 0.5) is 0 Å². The second-order valence-electron chi connectivity index (χ2n) is 13.0. The molecule has 0 radical (unpaired) electrons. The van der Waals surface area contributed by atoms with Gasteiger partial charge >= 0.3 is 11.9 Å². The molecule has 5 heteroatoms. The summed E-state index contributed by atoms with van der Waals surface area (Å²) >= 11 is 0. The minimum absolute atomic E-state index is 0.161. The van der Waals surface area contributed by atoms with Crippen molar-refractivity contribution in [1.82, 2.24) is 4.98 Å². The third-order valence-electron chi connectivity index (χ3n) is 8.69. The van der Waals surface area contributed by atoms with Gasteiger partial charge < -0.3 is 9.47 Å². The summed E-state index contributed by atoms with van der Waals surface area (Å²) in [5, 5.41) is 0. The first-order valence-electron chi connectivity index (χ1n) is 18.9. The lowest BCUT2D eigenvalue weighted by atomic mass is 10.0. The quantitative estimate of drug-likeness (QED) is 0.0614. The van der Waals surface area contributed by atoms with Crippen molar-refractivity contribution in [3.63, 3.8) is 0 Å². The number of carbonyl (C=O) groups is 2. The zero-order valence-electron chi connectivity index (χ0n) is 29.2. The van der Waals surface area contributed by atoms with Crippen molar-refractivity contribution in [3.8, 4) is 5.75 Å². The maximum absolute atomic E-state index is 12.4. The first kappa shape index (κ1) is 40.1. The molecule has 0 aromatic carbocycles. The van der Waals surface area contributed by atoms with Gasteiger partial charge in [0.1, 0.15) is 6.61 Å². The third kappa shape index (κ3) is 24.4. The number of aryl methyl sites for hydroxylation is 1. The molecule has 1 rings (SSSR count). The van der Waals surface area contributed by atoms with Gasteiger partial charge in [-0.15, -0.1) is 0 Å². The number of nitrogens with zero attached hydrogens (tertiary/aromatic N) is 1. The Balaban J connectivity index is 2.06. The highest BCUT2D eigenvalue weighted by atomic mass is 16.5. The van der Waals surface area contributed by atoms with Gasteiger partial charge in [-0.1, -0.05) is 168 Å². The topological polar surface area (TPSA) is 65.5 Å². The molecule has 0 fully saturated rings. The van der Waals surface area contributed by atoms with E-state index in [0.717, 1.165) is 31.2 Å². The smallest absolute Gasteiger partial charge is 0.311 e. The Labute approximate surface area is 272 Å². The lowest BCUT2D eigenvalue weighted by Gasteiger charge is -2.10. The number of ether oxygens (including phenoxy) is 2. The fraction of sp³-hybridized carbons (Fsp3) is 0.821. The fourth-order valence-electron chi connectivity index (χ4n) is 5.72. The maximum atomic E-state index is 12.4. The first-order chi connectivity index (χ1) is 21.6. The van der Waals surface area contributed by atoms with Crippen LogP contribution < -0.4 is 4.74 Å². The van der Waals surface area contributed by atoms with Crippen LogP contribution in [0.5, 0.6) is 5.75 Å². The van der Waals surface area contributed by atoms with Crippen LogP contribution >= 0.6 is 0 Å². The van der Waals surface area contributed by atoms with Gasteiger partial charge in [0.15, 0.2) is 5.75 Å². The summed E-state index contributed by atoms with van der Waals surface area (Å²) in [6.45, 7) is 6.53. The Morgan fingerprint density at radius 2 is 0.909 bits per heavy atom. The van der Waals surface area contributed by atoms with Gasteiger partial charge in [-0.2, -0.15) is 0 Å². The van der Waals surface area contributed by atoms with E-state index in [-0.39, 0.29) is 18.5 Å². The van der Waals surface area contributed by atoms with E-state index in [9.17, 15) is 9.59 Å². The minimum Gasteiger partial charge on any atom is -0.461 e. The van der Waals surface area contributed by atoms with E-state index in [4.69, 9.17) is 9.47 Å². The third-order valence-corrected chi connectivity index (χ3v) is 8.69. The second kappa shape index (κ2) is 29.8. The highest BCUT2D eigenvalue weighted by molar-refractivity contribution is 5.72. The lowest BCUT2D eigenvalue weighted by Crippen LogP contribution is -2.10. The number of hydrogen-bond donors (Lipinski definition) is 0. The predicted octanol–water partition coefficient (Wildman–Crippen LogP) is 12.3. The molecule has 44 heavy (non-hydrogen) atoms. The van der Waals surface area contributed by atoms with Crippen LogP contribution in [-0.4, -0.2) is 16.9 Å². The van der Waals surface area contributed by atoms with E-state index >= 15 is 0 Å². The van der Waals surface area contributed by atoms with Crippen LogP contribution in [0, 0.1) is 6.92 Å². The van der Waals surface area contributed by atoms with Crippen LogP contribution in [0.1, 0.15) is 205 Å². The molecule has 0 amide bonds. The molecule has 0 saturated heterocycles. The van der Waals surface area contributed by atoms with Gasteiger partial charge in [0.25, 0.3) is 0 Å². The molecule has 1 aromatic heterocycles. The average Bonchev–Trinajstić information content (AvgIpc) is 3.02. The van der Waals surface area contributed by atoms with E-state index in [1.807, 2.05) is 6.92 Å². The lowest BCUT2D eigenvalue weighted by molar-refractivity contribution is -0.145. The SMILES string of the molecule is CCCCCCCCCCCCCCCC(=O)OCc1cnc(C)c(OC(=O)CCCCCCCCCCCCCCC)c1. The molecule has 0 atom stereocenters. The van der Waals surface area contributed by atoms with E-state index in [1.165, 1.54) is 141 Å². The highest BCUT2D eigenvalue weighted by Gasteiger charge is 2.11. The Hall–Kier alpha value is -1.91. The van der Waals surface area contributed by atoms with Gasteiger partial charge in [0.05, 0.1) is 5.69 Å². The van der Waals surface area contributed by atoms with Gasteiger partial charge in [-0.3, -0.25) is 14.6 Å². The number of rotatable bonds is 31. The van der Waals surface area contributed by atoms with Crippen molar-refractivity contribution in [2.75, 3.05) is 0 Å². The van der Waals surface area contributed by atoms with Crippen LogP contribution in [0.2, 0.25) is 0 Å². The number of esters is 2. The molecule has 0 unspecified atom stereocenters. The van der Waals surface area contributed by atoms with Crippen molar-refractivity contribution in [1.29, 1.82) is 0 Å². The molecule has 254 valence electrons. The van der Waals surface area contributed by atoms with Crippen molar-refractivity contribution in [3.05, 3.63) is 23.5 Å². The van der Waals surface area contributed by atoms with Crippen molar-refractivity contribution in [2.45, 2.75) is 207 Å². The van der Waals surface area contributed by atoms with E-state index in [1.54, 1.807) is 12.3 Å². The Kier molecular flexibility index (Phi) is 27.2. The molecule has 0 N–H and O–H groups in total.